The molecule has 0 unspecified atom stereocenters. The summed E-state index contributed by atoms with van der Waals surface area (Å²) in [7, 11) is 0. The molecule has 1 heterocycles. The molecule has 7 rings (SSSR count). The largest absolute Gasteiger partial charge is 0.416 e. The molecule has 0 atom stereocenters. The zero-order valence-corrected chi connectivity index (χ0v) is 27.7. The normalized spacial score (nSPS) is 12.3. The van der Waals surface area contributed by atoms with Gasteiger partial charge in [0.15, 0.2) is 0 Å². The molecule has 1 aromatic heterocycles. The van der Waals surface area contributed by atoms with Crippen LogP contribution in [0.5, 0.6) is 0 Å². The molecule has 6 aromatic carbocycles. The maximum absolute atomic E-state index is 13.9. The summed E-state index contributed by atoms with van der Waals surface area (Å²) in [5.41, 5.74) is 1.91. The molecule has 0 bridgehead atoms. The molecule has 0 radical (unpaired) electrons. The highest BCUT2D eigenvalue weighted by Crippen LogP contribution is 2.43. The Bertz CT molecular complexity index is 2250. The molecular formula is C38H19Cl4F6N. The van der Waals surface area contributed by atoms with E-state index in [0.717, 1.165) is 45.2 Å². The van der Waals surface area contributed by atoms with Crippen molar-refractivity contribution < 1.29 is 26.3 Å². The van der Waals surface area contributed by atoms with Gasteiger partial charge in [-0.1, -0.05) is 76.7 Å². The second-order valence-electron chi connectivity index (χ2n) is 11.4. The van der Waals surface area contributed by atoms with Crippen molar-refractivity contribution in [3.05, 3.63) is 146 Å². The van der Waals surface area contributed by atoms with Crippen molar-refractivity contribution in [3.63, 3.8) is 0 Å². The molecule has 1 nitrogen and oxygen atoms in total. The summed E-state index contributed by atoms with van der Waals surface area (Å²) >= 11 is 25.3. The van der Waals surface area contributed by atoms with Gasteiger partial charge >= 0.3 is 12.4 Å². The molecule has 0 aliphatic heterocycles. The highest BCUT2D eigenvalue weighted by molar-refractivity contribution is 6.35. The Kier molecular flexibility index (Phi) is 8.39. The predicted octanol–water partition coefficient (Wildman–Crippen LogP) is 14.4. The van der Waals surface area contributed by atoms with Gasteiger partial charge in [-0.2, -0.15) is 26.3 Å². The van der Waals surface area contributed by atoms with Crippen LogP contribution in [0.2, 0.25) is 20.1 Å². The molecule has 0 fully saturated rings. The van der Waals surface area contributed by atoms with Crippen molar-refractivity contribution in [1.82, 2.24) is 4.57 Å². The van der Waals surface area contributed by atoms with E-state index < -0.39 is 23.5 Å². The summed E-state index contributed by atoms with van der Waals surface area (Å²) in [4.78, 5) is 0. The predicted molar refractivity (Wildman–Crippen MR) is 187 cm³/mol. The second kappa shape index (κ2) is 12.3. The van der Waals surface area contributed by atoms with Crippen molar-refractivity contribution in [2.75, 3.05) is 0 Å². The molecule has 49 heavy (non-hydrogen) atoms. The molecule has 246 valence electrons. The van der Waals surface area contributed by atoms with Crippen LogP contribution in [-0.2, 0) is 12.4 Å². The van der Waals surface area contributed by atoms with Gasteiger partial charge in [0.05, 0.1) is 27.8 Å². The first-order valence-corrected chi connectivity index (χ1v) is 16.1. The first kappa shape index (κ1) is 33.4. The summed E-state index contributed by atoms with van der Waals surface area (Å²) in [5.74, 6) is 0. The van der Waals surface area contributed by atoms with Crippen LogP contribution in [0.25, 0.3) is 60.9 Å². The number of rotatable bonds is 4. The van der Waals surface area contributed by atoms with E-state index in [-0.39, 0.29) is 17.2 Å². The van der Waals surface area contributed by atoms with Crippen LogP contribution in [-0.4, -0.2) is 4.57 Å². The Balaban J connectivity index is 1.53. The smallest absolute Gasteiger partial charge is 0.309 e. The molecule has 11 heteroatoms. The number of nitrogens with zero attached hydrogens (tertiary/aromatic N) is 1. The molecule has 0 saturated carbocycles. The maximum Gasteiger partial charge on any atom is 0.416 e. The summed E-state index contributed by atoms with van der Waals surface area (Å²) in [6.45, 7) is 0. The van der Waals surface area contributed by atoms with Crippen molar-refractivity contribution >= 4 is 68.2 Å². The van der Waals surface area contributed by atoms with Crippen LogP contribution < -0.4 is 0 Å². The molecule has 0 amide bonds. The van der Waals surface area contributed by atoms with Gasteiger partial charge in [0.2, 0.25) is 0 Å². The average Bonchev–Trinajstić information content (AvgIpc) is 3.35. The SMILES string of the molecule is FC(F)(F)c1cc(-c2ccccc2-n2c3ccc(-c4cc(Cl)cc(Cl)c4)cc3c3cc(-c4cc(Cl)cc(Cl)c4)ccc32)cc(C(F)(F)F)c1. The fourth-order valence-electron chi connectivity index (χ4n) is 6.11. The van der Waals surface area contributed by atoms with Crippen LogP contribution in [0.15, 0.2) is 115 Å². The first-order valence-electron chi connectivity index (χ1n) is 14.6. The van der Waals surface area contributed by atoms with E-state index in [2.05, 4.69) is 0 Å². The number of hydrogen-bond donors (Lipinski definition) is 0. The highest BCUT2D eigenvalue weighted by atomic mass is 35.5. The zero-order chi connectivity index (χ0) is 34.8. The van der Waals surface area contributed by atoms with Crippen molar-refractivity contribution in [3.8, 4) is 39.1 Å². The summed E-state index contributed by atoms with van der Waals surface area (Å²) in [6.07, 6.45) is -10.0. The van der Waals surface area contributed by atoms with E-state index in [9.17, 15) is 26.3 Å². The minimum atomic E-state index is -5.00. The van der Waals surface area contributed by atoms with Gasteiger partial charge in [-0.25, -0.2) is 0 Å². The Hall–Kier alpha value is -4.14. The third-order valence-electron chi connectivity index (χ3n) is 8.20. The molecule has 0 saturated heterocycles. The summed E-state index contributed by atoms with van der Waals surface area (Å²) < 4.78 is 85.2. The molecule has 0 aliphatic carbocycles. The molecule has 0 N–H and O–H groups in total. The molecule has 7 aromatic rings. The zero-order valence-electron chi connectivity index (χ0n) is 24.7. The van der Waals surface area contributed by atoms with Gasteiger partial charge in [0.1, 0.15) is 0 Å². The Morgan fingerprint density at radius 1 is 0.408 bits per heavy atom. The quantitative estimate of drug-likeness (QED) is 0.158. The Morgan fingerprint density at radius 3 is 1.27 bits per heavy atom. The van der Waals surface area contributed by atoms with Gasteiger partial charge in [-0.3, -0.25) is 0 Å². The average molecular weight is 745 g/mol. The number of halogens is 10. The minimum Gasteiger partial charge on any atom is -0.309 e. The number of para-hydroxylation sites is 1. The fourth-order valence-corrected chi connectivity index (χ4v) is 7.16. The lowest BCUT2D eigenvalue weighted by Crippen LogP contribution is -2.11. The van der Waals surface area contributed by atoms with Crippen LogP contribution in [0.1, 0.15) is 11.1 Å². The number of benzene rings is 6. The van der Waals surface area contributed by atoms with E-state index >= 15 is 0 Å². The van der Waals surface area contributed by atoms with Crippen LogP contribution in [0.4, 0.5) is 26.3 Å². The van der Waals surface area contributed by atoms with Crippen molar-refractivity contribution in [1.29, 1.82) is 0 Å². The first-order chi connectivity index (χ1) is 23.2. The van der Waals surface area contributed by atoms with Gasteiger partial charge in [-0.05, 0) is 113 Å². The standard InChI is InChI=1S/C38H19Cl4F6N/c39-27-11-22(12-28(40)18-27)20-5-7-35-32(15-20)33-16-21(23-13-29(41)19-30(42)14-23)6-8-36(33)49(35)34-4-2-1-3-31(34)24-9-25(37(43,44)45)17-26(10-24)38(46,47)48/h1-19H. The fraction of sp³-hybridized carbons (Fsp3) is 0.0526. The van der Waals surface area contributed by atoms with Crippen molar-refractivity contribution in [2.45, 2.75) is 12.4 Å². The summed E-state index contributed by atoms with van der Waals surface area (Å²) in [6, 6.07) is 29.6. The second-order valence-corrected chi connectivity index (χ2v) is 13.2. The highest BCUT2D eigenvalue weighted by Gasteiger charge is 2.37. The monoisotopic (exact) mass is 743 g/mol. The van der Waals surface area contributed by atoms with E-state index in [1.807, 2.05) is 41.0 Å². The van der Waals surface area contributed by atoms with Gasteiger partial charge in [0.25, 0.3) is 0 Å². The van der Waals surface area contributed by atoms with Gasteiger partial charge in [-0.15, -0.1) is 0 Å². The Morgan fingerprint density at radius 2 is 0.837 bits per heavy atom. The van der Waals surface area contributed by atoms with Crippen LogP contribution >= 0.6 is 46.4 Å². The van der Waals surface area contributed by atoms with Gasteiger partial charge in [0, 0.05) is 36.4 Å². The Labute approximate surface area is 295 Å². The van der Waals surface area contributed by atoms with E-state index in [1.54, 1.807) is 54.6 Å². The van der Waals surface area contributed by atoms with E-state index in [4.69, 9.17) is 46.4 Å². The van der Waals surface area contributed by atoms with Crippen LogP contribution in [0.3, 0.4) is 0 Å². The number of hydrogen-bond acceptors (Lipinski definition) is 0. The minimum absolute atomic E-state index is 0.125. The number of aromatic nitrogens is 1. The van der Waals surface area contributed by atoms with Crippen molar-refractivity contribution in [2.24, 2.45) is 0 Å². The third kappa shape index (κ3) is 6.49. The topological polar surface area (TPSA) is 4.93 Å². The molecule has 0 spiro atoms. The lowest BCUT2D eigenvalue weighted by Gasteiger charge is -2.18. The van der Waals surface area contributed by atoms with E-state index in [0.29, 0.717) is 36.8 Å². The molecular weight excluding hydrogens is 726 g/mol. The van der Waals surface area contributed by atoms with E-state index in [1.165, 1.54) is 6.07 Å². The number of fused-ring (bicyclic) bond motifs is 3. The third-order valence-corrected chi connectivity index (χ3v) is 9.07. The lowest BCUT2D eigenvalue weighted by atomic mass is 9.97. The summed E-state index contributed by atoms with van der Waals surface area (Å²) in [5, 5.41) is 3.29. The molecule has 0 aliphatic rings. The lowest BCUT2D eigenvalue weighted by molar-refractivity contribution is -0.143. The maximum atomic E-state index is 13.9. The number of alkyl halides is 6. The van der Waals surface area contributed by atoms with Gasteiger partial charge < -0.3 is 4.57 Å². The van der Waals surface area contributed by atoms with Crippen LogP contribution in [0, 0.1) is 0 Å².